The number of hydrogen-bond donors (Lipinski definition) is 0. The van der Waals surface area contributed by atoms with E-state index in [1.54, 1.807) is 27.8 Å². The van der Waals surface area contributed by atoms with Gasteiger partial charge in [0.05, 0.1) is 29.6 Å². The lowest BCUT2D eigenvalue weighted by Gasteiger charge is -2.26. The molecule has 0 saturated carbocycles. The summed E-state index contributed by atoms with van der Waals surface area (Å²) in [6.07, 6.45) is 1.84. The molecule has 1 saturated heterocycles. The zero-order valence-electron chi connectivity index (χ0n) is 20.4. The van der Waals surface area contributed by atoms with E-state index in [2.05, 4.69) is 0 Å². The van der Waals surface area contributed by atoms with Gasteiger partial charge < -0.3 is 19.1 Å². The number of benzene rings is 2. The second-order valence-electron chi connectivity index (χ2n) is 8.95. The molecule has 1 aliphatic heterocycles. The van der Waals surface area contributed by atoms with Crippen molar-refractivity contribution < 1.29 is 23.4 Å². The van der Waals surface area contributed by atoms with Crippen LogP contribution in [0.5, 0.6) is 11.6 Å². The number of para-hydroxylation sites is 2. The molecule has 8 heteroatoms. The topological polar surface area (TPSA) is 65.8 Å². The third-order valence-corrected chi connectivity index (χ3v) is 5.98. The van der Waals surface area contributed by atoms with Gasteiger partial charge in [0.2, 0.25) is 11.8 Å². The fourth-order valence-corrected chi connectivity index (χ4v) is 4.24. The van der Waals surface area contributed by atoms with Gasteiger partial charge in [0.1, 0.15) is 6.61 Å². The molecule has 1 fully saturated rings. The minimum absolute atomic E-state index is 0.0292. The van der Waals surface area contributed by atoms with E-state index in [0.717, 1.165) is 29.8 Å². The fraction of sp³-hybridized carbons (Fsp3) is 0.407. The summed E-state index contributed by atoms with van der Waals surface area (Å²) in [5.74, 6) is -0.110. The molecule has 1 aliphatic rings. The van der Waals surface area contributed by atoms with Crippen molar-refractivity contribution in [1.29, 1.82) is 0 Å². The molecule has 0 spiro atoms. The van der Waals surface area contributed by atoms with Crippen LogP contribution in [0.1, 0.15) is 43.9 Å². The fourth-order valence-electron chi connectivity index (χ4n) is 4.24. The lowest BCUT2D eigenvalue weighted by molar-refractivity contribution is -0.137. The van der Waals surface area contributed by atoms with Crippen LogP contribution >= 0.6 is 0 Å². The van der Waals surface area contributed by atoms with Crippen molar-refractivity contribution in [1.82, 2.24) is 14.7 Å². The zero-order valence-corrected chi connectivity index (χ0v) is 20.4. The molecular formula is C27H32FN3O4. The molecule has 3 aromatic rings. The molecule has 0 bridgehead atoms. The van der Waals surface area contributed by atoms with Crippen LogP contribution in [0.25, 0.3) is 5.69 Å². The van der Waals surface area contributed by atoms with Crippen molar-refractivity contribution in [2.45, 2.75) is 45.3 Å². The maximum Gasteiger partial charge on any atom is 0.248 e. The Kier molecular flexibility index (Phi) is 8.15. The third-order valence-electron chi connectivity index (χ3n) is 5.98. The number of amides is 1. The maximum absolute atomic E-state index is 14.6. The van der Waals surface area contributed by atoms with E-state index in [1.807, 2.05) is 44.2 Å². The summed E-state index contributed by atoms with van der Waals surface area (Å²) < 4.78 is 33.4. The predicted molar refractivity (Wildman–Crippen MR) is 130 cm³/mol. The van der Waals surface area contributed by atoms with E-state index in [0.29, 0.717) is 19.0 Å². The molecule has 1 amide bonds. The number of carbonyl (C=O) groups excluding carboxylic acids is 1. The van der Waals surface area contributed by atoms with E-state index in [1.165, 1.54) is 13.2 Å². The van der Waals surface area contributed by atoms with Gasteiger partial charge in [-0.1, -0.05) is 44.2 Å². The molecular weight excluding hydrogens is 449 g/mol. The summed E-state index contributed by atoms with van der Waals surface area (Å²) in [4.78, 5) is 14.8. The first kappa shape index (κ1) is 24.9. The van der Waals surface area contributed by atoms with Crippen molar-refractivity contribution in [3.8, 4) is 17.3 Å². The highest BCUT2D eigenvalue weighted by molar-refractivity contribution is 5.77. The predicted octanol–water partition coefficient (Wildman–Crippen LogP) is 5.08. The number of hydrogen-bond acceptors (Lipinski definition) is 5. The number of ether oxygens (including phenoxy) is 3. The van der Waals surface area contributed by atoms with Gasteiger partial charge in [0.15, 0.2) is 11.6 Å². The van der Waals surface area contributed by atoms with Crippen LogP contribution < -0.4 is 4.74 Å². The van der Waals surface area contributed by atoms with Crippen molar-refractivity contribution in [3.63, 3.8) is 0 Å². The van der Waals surface area contributed by atoms with Crippen LogP contribution in [0.3, 0.4) is 0 Å². The highest BCUT2D eigenvalue weighted by Crippen LogP contribution is 2.35. The molecule has 1 aromatic heterocycles. The van der Waals surface area contributed by atoms with E-state index in [9.17, 15) is 9.18 Å². The lowest BCUT2D eigenvalue weighted by Crippen LogP contribution is -2.39. The SMILES string of the molecule is COCC(=O)N(Cc1c(C(C)C)nn(-c2ccccc2)c1Oc1ccccc1F)C[C@@H]1CCCO1. The lowest BCUT2D eigenvalue weighted by atomic mass is 10.0. The quantitative estimate of drug-likeness (QED) is 0.404. The van der Waals surface area contributed by atoms with Gasteiger partial charge in [0.25, 0.3) is 0 Å². The number of halogens is 1. The van der Waals surface area contributed by atoms with Crippen molar-refractivity contribution in [2.75, 3.05) is 26.9 Å². The van der Waals surface area contributed by atoms with E-state index >= 15 is 0 Å². The van der Waals surface area contributed by atoms with Crippen LogP contribution in [0, 0.1) is 5.82 Å². The van der Waals surface area contributed by atoms with Gasteiger partial charge in [-0.05, 0) is 43.0 Å². The summed E-state index contributed by atoms with van der Waals surface area (Å²) in [5, 5.41) is 4.86. The summed E-state index contributed by atoms with van der Waals surface area (Å²) >= 11 is 0. The first-order valence-corrected chi connectivity index (χ1v) is 12.0. The van der Waals surface area contributed by atoms with Gasteiger partial charge in [0, 0.05) is 20.3 Å². The first-order valence-electron chi connectivity index (χ1n) is 12.0. The molecule has 4 rings (SSSR count). The standard InChI is InChI=1S/C27H32FN3O4/c1-19(2)26-22(17-30(25(32)18-33-3)16-21-12-9-15-34-21)27(35-24-14-8-7-13-23(24)28)31(29-26)20-10-5-4-6-11-20/h4-8,10-11,13-14,19,21H,9,12,15-18H2,1-3H3/t21-/m0/s1. The van der Waals surface area contributed by atoms with Gasteiger partial charge in [-0.2, -0.15) is 5.10 Å². The molecule has 2 heterocycles. The molecule has 2 aromatic carbocycles. The molecule has 0 aliphatic carbocycles. The van der Waals surface area contributed by atoms with Crippen molar-refractivity contribution >= 4 is 5.91 Å². The van der Waals surface area contributed by atoms with E-state index < -0.39 is 5.82 Å². The molecule has 0 unspecified atom stereocenters. The Morgan fingerprint density at radius 2 is 1.94 bits per heavy atom. The van der Waals surface area contributed by atoms with Crippen LogP contribution in [0.4, 0.5) is 4.39 Å². The van der Waals surface area contributed by atoms with Crippen LogP contribution in [-0.2, 0) is 20.8 Å². The van der Waals surface area contributed by atoms with Gasteiger partial charge in [-0.25, -0.2) is 9.07 Å². The van der Waals surface area contributed by atoms with Crippen molar-refractivity contribution in [3.05, 3.63) is 71.7 Å². The minimum atomic E-state index is -0.475. The Bertz CT molecular complexity index is 1130. The summed E-state index contributed by atoms with van der Waals surface area (Å²) in [6.45, 7) is 5.41. The van der Waals surface area contributed by atoms with Gasteiger partial charge >= 0.3 is 0 Å². The Hall–Kier alpha value is -3.23. The highest BCUT2D eigenvalue weighted by atomic mass is 19.1. The smallest absolute Gasteiger partial charge is 0.248 e. The Morgan fingerprint density at radius 1 is 1.20 bits per heavy atom. The Balaban J connectivity index is 1.80. The van der Waals surface area contributed by atoms with Crippen LogP contribution in [-0.4, -0.2) is 53.6 Å². The van der Waals surface area contributed by atoms with Crippen LogP contribution in [0.15, 0.2) is 54.6 Å². The van der Waals surface area contributed by atoms with Crippen molar-refractivity contribution in [2.24, 2.45) is 0 Å². The Morgan fingerprint density at radius 3 is 2.60 bits per heavy atom. The monoisotopic (exact) mass is 481 g/mol. The summed E-state index contributed by atoms with van der Waals surface area (Å²) in [6, 6.07) is 15.8. The summed E-state index contributed by atoms with van der Waals surface area (Å²) in [5.41, 5.74) is 2.29. The largest absolute Gasteiger partial charge is 0.435 e. The number of aromatic nitrogens is 2. The average molecular weight is 482 g/mol. The minimum Gasteiger partial charge on any atom is -0.435 e. The molecule has 0 N–H and O–H groups in total. The number of nitrogens with zero attached hydrogens (tertiary/aromatic N) is 3. The maximum atomic E-state index is 14.6. The second-order valence-corrected chi connectivity index (χ2v) is 8.95. The first-order chi connectivity index (χ1) is 17.0. The number of rotatable bonds is 10. The Labute approximate surface area is 205 Å². The second kappa shape index (κ2) is 11.5. The molecule has 0 radical (unpaired) electrons. The van der Waals surface area contributed by atoms with Gasteiger partial charge in [-0.3, -0.25) is 4.79 Å². The van der Waals surface area contributed by atoms with Crippen LogP contribution in [0.2, 0.25) is 0 Å². The zero-order chi connectivity index (χ0) is 24.8. The number of carbonyl (C=O) groups is 1. The van der Waals surface area contributed by atoms with E-state index in [-0.39, 0.29) is 36.8 Å². The van der Waals surface area contributed by atoms with E-state index in [4.69, 9.17) is 19.3 Å². The summed E-state index contributed by atoms with van der Waals surface area (Å²) in [7, 11) is 1.50. The highest BCUT2D eigenvalue weighted by Gasteiger charge is 2.29. The number of methoxy groups -OCH3 is 1. The third kappa shape index (κ3) is 5.89. The molecule has 186 valence electrons. The normalized spacial score (nSPS) is 15.5. The molecule has 1 atom stereocenters. The molecule has 7 nitrogen and oxygen atoms in total. The van der Waals surface area contributed by atoms with Gasteiger partial charge in [-0.15, -0.1) is 0 Å². The molecule has 35 heavy (non-hydrogen) atoms. The average Bonchev–Trinajstić information content (AvgIpc) is 3.49.